The molecule has 250 valence electrons. The maximum absolute atomic E-state index is 13.2. The zero-order valence-electron chi connectivity index (χ0n) is 26.9. The third-order valence-corrected chi connectivity index (χ3v) is 10.2. The van der Waals surface area contributed by atoms with Gasteiger partial charge in [-0.25, -0.2) is 0 Å². The molecule has 12 nitrogen and oxygen atoms in total. The summed E-state index contributed by atoms with van der Waals surface area (Å²) >= 11 is 0. The summed E-state index contributed by atoms with van der Waals surface area (Å²) in [5.41, 5.74) is 6.76. The summed E-state index contributed by atoms with van der Waals surface area (Å²) in [5.74, 6) is -1.64. The minimum atomic E-state index is -0.998. The SMILES string of the molecule is O=C1CCC(N2C(=O)c3ccc(OCCN4CCC(n5cc(-c6ccc7c(c6)CCC7O)c(-c6ccncc6)n5)CC4)cc3C2=O)C(=O)N1. The highest BCUT2D eigenvalue weighted by Gasteiger charge is 2.44. The second-order valence-corrected chi connectivity index (χ2v) is 13.2. The minimum Gasteiger partial charge on any atom is -0.492 e. The van der Waals surface area contributed by atoms with E-state index < -0.39 is 29.7 Å². The fourth-order valence-electron chi connectivity index (χ4n) is 7.52. The lowest BCUT2D eigenvalue weighted by atomic mass is 9.98. The zero-order chi connectivity index (χ0) is 33.6. The van der Waals surface area contributed by atoms with Crippen LogP contribution < -0.4 is 10.1 Å². The molecule has 2 saturated heterocycles. The number of fused-ring (bicyclic) bond motifs is 2. The minimum absolute atomic E-state index is 0.0760. The third-order valence-electron chi connectivity index (χ3n) is 10.2. The summed E-state index contributed by atoms with van der Waals surface area (Å²) in [4.78, 5) is 57.5. The summed E-state index contributed by atoms with van der Waals surface area (Å²) in [6, 6.07) is 14.3. The van der Waals surface area contributed by atoms with Gasteiger partial charge in [0.15, 0.2) is 0 Å². The van der Waals surface area contributed by atoms with Crippen LogP contribution in [0.4, 0.5) is 0 Å². The van der Waals surface area contributed by atoms with Crippen LogP contribution in [0, 0.1) is 0 Å². The smallest absolute Gasteiger partial charge is 0.262 e. The van der Waals surface area contributed by atoms with Crippen LogP contribution in [0.2, 0.25) is 0 Å². The number of benzene rings is 2. The van der Waals surface area contributed by atoms with Gasteiger partial charge in [0.2, 0.25) is 11.8 Å². The number of aromatic nitrogens is 3. The molecule has 0 spiro atoms. The Kier molecular flexibility index (Phi) is 8.04. The Morgan fingerprint density at radius 3 is 2.43 bits per heavy atom. The summed E-state index contributed by atoms with van der Waals surface area (Å²) in [6.45, 7) is 2.87. The van der Waals surface area contributed by atoms with Crippen molar-refractivity contribution in [2.75, 3.05) is 26.2 Å². The maximum Gasteiger partial charge on any atom is 0.262 e. The lowest BCUT2D eigenvalue weighted by Crippen LogP contribution is -2.54. The van der Waals surface area contributed by atoms with E-state index in [-0.39, 0.29) is 36.1 Å². The lowest BCUT2D eigenvalue weighted by molar-refractivity contribution is -0.136. The van der Waals surface area contributed by atoms with Crippen LogP contribution in [-0.2, 0) is 16.0 Å². The molecular weight excluding hydrogens is 624 g/mol. The molecule has 2 N–H and O–H groups in total. The zero-order valence-corrected chi connectivity index (χ0v) is 26.9. The van der Waals surface area contributed by atoms with Crippen LogP contribution in [0.25, 0.3) is 22.4 Å². The lowest BCUT2D eigenvalue weighted by Gasteiger charge is -2.31. The fourth-order valence-corrected chi connectivity index (χ4v) is 7.52. The number of hydrogen-bond donors (Lipinski definition) is 2. The van der Waals surface area contributed by atoms with Gasteiger partial charge >= 0.3 is 0 Å². The Morgan fingerprint density at radius 1 is 0.837 bits per heavy atom. The molecule has 8 rings (SSSR count). The number of carbonyl (C=O) groups is 4. The molecule has 0 radical (unpaired) electrons. The molecule has 2 atom stereocenters. The monoisotopic (exact) mass is 660 g/mol. The summed E-state index contributed by atoms with van der Waals surface area (Å²) in [7, 11) is 0. The average Bonchev–Trinajstić information content (AvgIpc) is 3.80. The normalized spacial score (nSPS) is 21.2. The summed E-state index contributed by atoms with van der Waals surface area (Å²) < 4.78 is 8.13. The van der Waals surface area contributed by atoms with Crippen molar-refractivity contribution in [1.82, 2.24) is 29.9 Å². The van der Waals surface area contributed by atoms with Gasteiger partial charge in [-0.15, -0.1) is 0 Å². The van der Waals surface area contributed by atoms with Gasteiger partial charge in [-0.05, 0) is 79.1 Å². The van der Waals surface area contributed by atoms with E-state index in [1.54, 1.807) is 30.6 Å². The number of piperidine rings is 2. The number of nitrogens with zero attached hydrogens (tertiary/aromatic N) is 5. The van der Waals surface area contributed by atoms with Crippen LogP contribution in [0.3, 0.4) is 0 Å². The number of aryl methyl sites for hydroxylation is 1. The first-order chi connectivity index (χ1) is 23.8. The van der Waals surface area contributed by atoms with Crippen molar-refractivity contribution in [3.05, 3.63) is 89.4 Å². The highest BCUT2D eigenvalue weighted by Crippen LogP contribution is 2.38. The van der Waals surface area contributed by atoms with E-state index in [0.717, 1.165) is 71.6 Å². The number of nitrogens with one attached hydrogen (secondary N) is 1. The summed E-state index contributed by atoms with van der Waals surface area (Å²) in [5, 5.41) is 17.6. The van der Waals surface area contributed by atoms with E-state index in [1.807, 2.05) is 18.2 Å². The van der Waals surface area contributed by atoms with Gasteiger partial charge in [-0.3, -0.25) is 44.0 Å². The Morgan fingerprint density at radius 2 is 1.63 bits per heavy atom. The van der Waals surface area contributed by atoms with Crippen molar-refractivity contribution < 1.29 is 29.0 Å². The molecule has 3 aliphatic heterocycles. The van der Waals surface area contributed by atoms with E-state index in [9.17, 15) is 24.3 Å². The largest absolute Gasteiger partial charge is 0.492 e. The van der Waals surface area contributed by atoms with Crippen molar-refractivity contribution in [3.8, 4) is 28.1 Å². The van der Waals surface area contributed by atoms with E-state index >= 15 is 0 Å². The molecule has 2 aromatic carbocycles. The van der Waals surface area contributed by atoms with Crippen molar-refractivity contribution in [3.63, 3.8) is 0 Å². The highest BCUT2D eigenvalue weighted by molar-refractivity contribution is 6.23. The fraction of sp³-hybridized carbons (Fsp3) is 0.351. The van der Waals surface area contributed by atoms with Gasteiger partial charge in [0.25, 0.3) is 11.8 Å². The van der Waals surface area contributed by atoms with Crippen LogP contribution in [0.15, 0.2) is 67.1 Å². The molecule has 5 heterocycles. The van der Waals surface area contributed by atoms with Crippen molar-refractivity contribution in [2.45, 2.75) is 56.7 Å². The van der Waals surface area contributed by atoms with Gasteiger partial charge in [-0.1, -0.05) is 18.2 Å². The van der Waals surface area contributed by atoms with Crippen LogP contribution in [-0.4, -0.2) is 85.6 Å². The molecule has 49 heavy (non-hydrogen) atoms. The number of imide groups is 2. The molecule has 4 aliphatic rings. The number of carbonyl (C=O) groups excluding carboxylic acids is 4. The molecular formula is C37H36N6O6. The first-order valence-corrected chi connectivity index (χ1v) is 16.9. The molecule has 4 aromatic rings. The number of aliphatic hydroxyl groups excluding tert-OH is 1. The Bertz CT molecular complexity index is 1970. The number of aliphatic hydroxyl groups is 1. The third kappa shape index (κ3) is 5.80. The second-order valence-electron chi connectivity index (χ2n) is 13.2. The number of ether oxygens (including phenoxy) is 1. The standard InChI is InChI=1S/C37H36N6O6/c44-32-7-2-23-19-24(1-4-27(23)32)30-21-42(40-34(30)22-9-13-38-14-10-22)25-11-15-41(16-12-25)17-18-49-26-3-5-28-29(20-26)37(48)43(36(28)47)31-6-8-33(45)39-35(31)46/h1,3-5,9-10,13-14,19-21,25,31-32,44H,2,6-8,11-12,15-18H2,(H,39,45,46). The first-order valence-electron chi connectivity index (χ1n) is 16.9. The predicted octanol–water partition coefficient (Wildman–Crippen LogP) is 3.71. The molecule has 12 heteroatoms. The van der Waals surface area contributed by atoms with Gasteiger partial charge in [0.05, 0.1) is 23.3 Å². The first kappa shape index (κ1) is 31.1. The van der Waals surface area contributed by atoms with E-state index in [4.69, 9.17) is 9.84 Å². The van der Waals surface area contributed by atoms with Gasteiger partial charge < -0.3 is 9.84 Å². The molecule has 0 saturated carbocycles. The van der Waals surface area contributed by atoms with Gasteiger partial charge in [0.1, 0.15) is 24.1 Å². The number of rotatable bonds is 8. The second kappa shape index (κ2) is 12.7. The van der Waals surface area contributed by atoms with Crippen molar-refractivity contribution in [2.24, 2.45) is 0 Å². The van der Waals surface area contributed by atoms with Crippen molar-refractivity contribution in [1.29, 1.82) is 0 Å². The molecule has 1 aliphatic carbocycles. The maximum atomic E-state index is 13.2. The van der Waals surface area contributed by atoms with Crippen LogP contribution in [0.5, 0.6) is 5.75 Å². The molecule has 2 aromatic heterocycles. The molecule has 2 unspecified atom stereocenters. The van der Waals surface area contributed by atoms with Crippen LogP contribution >= 0.6 is 0 Å². The quantitative estimate of drug-likeness (QED) is 0.270. The highest BCUT2D eigenvalue weighted by atomic mass is 16.5. The van der Waals surface area contributed by atoms with Crippen LogP contribution in [0.1, 0.15) is 76.1 Å². The number of amides is 4. The Balaban J connectivity index is 0.897. The van der Waals surface area contributed by atoms with Gasteiger partial charge in [-0.2, -0.15) is 5.10 Å². The number of pyridine rings is 1. The van der Waals surface area contributed by atoms with E-state index in [1.165, 1.54) is 5.56 Å². The molecule has 0 bridgehead atoms. The van der Waals surface area contributed by atoms with E-state index in [0.29, 0.717) is 18.9 Å². The predicted molar refractivity (Wildman–Crippen MR) is 177 cm³/mol. The molecule has 2 fully saturated rings. The topological polar surface area (TPSA) is 147 Å². The van der Waals surface area contributed by atoms with E-state index in [2.05, 4.69) is 38.2 Å². The average molecular weight is 661 g/mol. The Labute approximate surface area is 282 Å². The number of likely N-dealkylation sites (tertiary alicyclic amines) is 1. The van der Waals surface area contributed by atoms with Gasteiger partial charge in [0, 0.05) is 55.8 Å². The van der Waals surface area contributed by atoms with Crippen molar-refractivity contribution >= 4 is 23.6 Å². The Hall–Kier alpha value is -5.20. The summed E-state index contributed by atoms with van der Waals surface area (Å²) in [6.07, 6.45) is 9.03. The number of hydrogen-bond acceptors (Lipinski definition) is 9. The molecule has 4 amide bonds.